The van der Waals surface area contributed by atoms with Crippen molar-refractivity contribution in [3.8, 4) is 0 Å². The molecule has 0 bridgehead atoms. The average Bonchev–Trinajstić information content (AvgIpc) is 1.79. The first kappa shape index (κ1) is 15.2. The van der Waals surface area contributed by atoms with Gasteiger partial charge in [-0.25, -0.2) is 0 Å². The Kier molecular flexibility index (Phi) is 6.33. The summed E-state index contributed by atoms with van der Waals surface area (Å²) in [6, 6.07) is 0. The van der Waals surface area contributed by atoms with Crippen LogP contribution in [-0.2, 0) is 14.2 Å². The minimum absolute atomic E-state index is 0. The standard InChI is InChI=1S/C4H7O7P.Li/c5-3(6)1-2(4(7)8)12(9,10)11;/h2H,1H2,(H,5,6)(H,7,8)(H2,9,10,11);. The van der Waals surface area contributed by atoms with E-state index in [0.717, 1.165) is 0 Å². The van der Waals surface area contributed by atoms with Crippen LogP contribution in [0.25, 0.3) is 0 Å². The minimum Gasteiger partial charge on any atom is -0.481 e. The minimum atomic E-state index is -4.87. The molecule has 4 N–H and O–H groups in total. The summed E-state index contributed by atoms with van der Waals surface area (Å²) in [6.07, 6.45) is -1.08. The third kappa shape index (κ3) is 5.85. The molecule has 0 aromatic rings. The van der Waals surface area contributed by atoms with Crippen LogP contribution in [0.4, 0.5) is 0 Å². The predicted octanol–water partition coefficient (Wildman–Crippen LogP) is -1.29. The molecule has 71 valence electrons. The first-order chi connectivity index (χ1) is 5.25. The smallest absolute Gasteiger partial charge is 0.340 e. The Balaban J connectivity index is 0. The van der Waals surface area contributed by atoms with E-state index in [2.05, 4.69) is 0 Å². The molecule has 0 saturated heterocycles. The molecule has 0 aromatic heterocycles. The largest absolute Gasteiger partial charge is 0.481 e. The molecule has 0 rings (SSSR count). The molecule has 0 saturated carbocycles. The Hall–Kier alpha value is -0.313. The zero-order valence-corrected chi connectivity index (χ0v) is 7.64. The summed E-state index contributed by atoms with van der Waals surface area (Å²) in [7, 11) is -4.87. The quantitative estimate of drug-likeness (QED) is 0.331. The van der Waals surface area contributed by atoms with Gasteiger partial charge in [0.1, 0.15) is 0 Å². The fraction of sp³-hybridized carbons (Fsp3) is 0.500. The molecule has 1 atom stereocenters. The van der Waals surface area contributed by atoms with E-state index in [0.29, 0.717) is 0 Å². The van der Waals surface area contributed by atoms with Crippen molar-refractivity contribution in [3.63, 3.8) is 0 Å². The molecule has 0 aliphatic rings. The van der Waals surface area contributed by atoms with Crippen LogP contribution in [0.2, 0.25) is 0 Å². The summed E-state index contributed by atoms with van der Waals surface area (Å²) in [4.78, 5) is 36.8. The van der Waals surface area contributed by atoms with Crippen molar-refractivity contribution in [3.05, 3.63) is 0 Å². The summed E-state index contributed by atoms with van der Waals surface area (Å²) >= 11 is 0. The van der Waals surface area contributed by atoms with Gasteiger partial charge < -0.3 is 20.0 Å². The Morgan fingerprint density at radius 3 is 1.69 bits per heavy atom. The number of hydrogen-bond donors (Lipinski definition) is 4. The third-order valence-electron chi connectivity index (χ3n) is 1.06. The topological polar surface area (TPSA) is 132 Å². The van der Waals surface area contributed by atoms with Gasteiger partial charge in [-0.1, -0.05) is 0 Å². The van der Waals surface area contributed by atoms with E-state index in [-0.39, 0.29) is 18.9 Å². The van der Waals surface area contributed by atoms with E-state index >= 15 is 0 Å². The van der Waals surface area contributed by atoms with Crippen molar-refractivity contribution in [2.45, 2.75) is 12.1 Å². The number of carbonyl (C=O) groups is 2. The average molecular weight is 205 g/mol. The molecule has 0 fully saturated rings. The second-order valence-electron chi connectivity index (χ2n) is 2.04. The number of carboxylic acids is 2. The second-order valence-corrected chi connectivity index (χ2v) is 3.84. The van der Waals surface area contributed by atoms with Crippen molar-refractivity contribution in [1.29, 1.82) is 0 Å². The molecule has 13 heavy (non-hydrogen) atoms. The van der Waals surface area contributed by atoms with Crippen molar-refractivity contribution in [1.82, 2.24) is 0 Å². The van der Waals surface area contributed by atoms with Crippen molar-refractivity contribution in [2.75, 3.05) is 0 Å². The van der Waals surface area contributed by atoms with Gasteiger partial charge in [-0.2, -0.15) is 0 Å². The molecule has 0 aromatic carbocycles. The van der Waals surface area contributed by atoms with Gasteiger partial charge >= 0.3 is 19.5 Å². The van der Waals surface area contributed by atoms with Gasteiger partial charge in [-0.15, -0.1) is 0 Å². The molecular formula is C4H7LiO7P. The normalized spacial score (nSPS) is 12.8. The number of hydrogen-bond acceptors (Lipinski definition) is 3. The second kappa shape index (κ2) is 5.42. The van der Waals surface area contributed by atoms with Gasteiger partial charge in [0.15, 0.2) is 5.66 Å². The van der Waals surface area contributed by atoms with Crippen LogP contribution in [-0.4, -0.2) is 56.5 Å². The van der Waals surface area contributed by atoms with Crippen LogP contribution >= 0.6 is 7.60 Å². The number of aliphatic carboxylic acids is 2. The maximum Gasteiger partial charge on any atom is 0.340 e. The maximum atomic E-state index is 10.4. The zero-order valence-electron chi connectivity index (χ0n) is 6.75. The van der Waals surface area contributed by atoms with Gasteiger partial charge in [0, 0.05) is 18.9 Å². The van der Waals surface area contributed by atoms with Crippen molar-refractivity contribution in [2.24, 2.45) is 0 Å². The Morgan fingerprint density at radius 2 is 1.62 bits per heavy atom. The van der Waals surface area contributed by atoms with Crippen LogP contribution in [0.3, 0.4) is 0 Å². The fourth-order valence-corrected chi connectivity index (χ4v) is 1.20. The molecular weight excluding hydrogens is 198 g/mol. The van der Waals surface area contributed by atoms with Crippen molar-refractivity contribution < 1.29 is 34.2 Å². The Morgan fingerprint density at radius 1 is 1.23 bits per heavy atom. The zero-order chi connectivity index (χ0) is 9.94. The van der Waals surface area contributed by atoms with Gasteiger partial charge in [0.25, 0.3) is 0 Å². The molecule has 1 unspecified atom stereocenters. The summed E-state index contributed by atoms with van der Waals surface area (Å²) in [5.41, 5.74) is -2.16. The first-order valence-electron chi connectivity index (χ1n) is 2.75. The monoisotopic (exact) mass is 205 g/mol. The van der Waals surface area contributed by atoms with Crippen molar-refractivity contribution >= 4 is 38.4 Å². The van der Waals surface area contributed by atoms with Gasteiger partial charge in [0.2, 0.25) is 0 Å². The SMILES string of the molecule is O=C(O)CC(C(=O)O)P(=O)(O)O.[Li]. The predicted molar refractivity (Wildman–Crippen MR) is 41.5 cm³/mol. The van der Waals surface area contributed by atoms with Gasteiger partial charge in [0.05, 0.1) is 6.42 Å². The Labute approximate surface area is 85.1 Å². The van der Waals surface area contributed by atoms with E-state index < -0.39 is 31.6 Å². The van der Waals surface area contributed by atoms with E-state index in [1.165, 1.54) is 0 Å². The molecule has 1 radical (unpaired) electrons. The summed E-state index contributed by atoms with van der Waals surface area (Å²) in [5, 5.41) is 16.3. The molecule has 0 heterocycles. The summed E-state index contributed by atoms with van der Waals surface area (Å²) in [6.45, 7) is 0. The molecule has 0 aliphatic carbocycles. The van der Waals surface area contributed by atoms with Crippen LogP contribution < -0.4 is 0 Å². The van der Waals surface area contributed by atoms with Gasteiger partial charge in [-0.05, 0) is 0 Å². The molecule has 7 nitrogen and oxygen atoms in total. The van der Waals surface area contributed by atoms with E-state index in [9.17, 15) is 14.2 Å². The van der Waals surface area contributed by atoms with E-state index in [4.69, 9.17) is 20.0 Å². The molecule has 0 amide bonds. The number of carboxylic acid groups (broad SMARTS) is 2. The first-order valence-corrected chi connectivity index (χ1v) is 4.43. The third-order valence-corrected chi connectivity index (χ3v) is 2.27. The molecule has 0 spiro atoms. The summed E-state index contributed by atoms with van der Waals surface area (Å²) in [5.74, 6) is -3.38. The molecule has 0 aliphatic heterocycles. The summed E-state index contributed by atoms with van der Waals surface area (Å²) < 4.78 is 10.4. The van der Waals surface area contributed by atoms with E-state index in [1.54, 1.807) is 0 Å². The van der Waals surface area contributed by atoms with Crippen LogP contribution in [0.5, 0.6) is 0 Å². The maximum absolute atomic E-state index is 10.4. The van der Waals surface area contributed by atoms with E-state index in [1.807, 2.05) is 0 Å². The fourth-order valence-electron chi connectivity index (χ4n) is 0.515. The van der Waals surface area contributed by atoms with Crippen LogP contribution in [0, 0.1) is 0 Å². The van der Waals surface area contributed by atoms with Crippen LogP contribution in [0.15, 0.2) is 0 Å². The number of rotatable bonds is 4. The molecule has 9 heteroatoms. The Bertz CT molecular complexity index is 245. The van der Waals surface area contributed by atoms with Crippen LogP contribution in [0.1, 0.15) is 6.42 Å². The van der Waals surface area contributed by atoms with Gasteiger partial charge in [-0.3, -0.25) is 14.2 Å².